The summed E-state index contributed by atoms with van der Waals surface area (Å²) in [6.07, 6.45) is 4.81. The van der Waals surface area contributed by atoms with Crippen molar-refractivity contribution in [1.29, 1.82) is 0 Å². The molecule has 35 heavy (non-hydrogen) atoms. The summed E-state index contributed by atoms with van der Waals surface area (Å²) in [7, 11) is 0. The number of likely N-dealkylation sites (tertiary alicyclic amines) is 1. The number of carbonyl (C=O) groups is 2. The minimum absolute atomic E-state index is 0.0763. The van der Waals surface area contributed by atoms with E-state index in [1.54, 1.807) is 23.1 Å². The zero-order chi connectivity index (χ0) is 24.6. The van der Waals surface area contributed by atoms with Crippen LogP contribution in [0.5, 0.6) is 5.75 Å². The number of piperidine rings is 1. The summed E-state index contributed by atoms with van der Waals surface area (Å²) in [4.78, 5) is 29.3. The lowest BCUT2D eigenvalue weighted by atomic mass is 9.90. The van der Waals surface area contributed by atoms with Gasteiger partial charge >= 0.3 is 0 Å². The lowest BCUT2D eigenvalue weighted by Crippen LogP contribution is -2.42. The van der Waals surface area contributed by atoms with Crippen molar-refractivity contribution in [2.75, 3.05) is 37.6 Å². The molecule has 0 spiro atoms. The molecule has 2 amide bonds. The monoisotopic (exact) mass is 497 g/mol. The van der Waals surface area contributed by atoms with Crippen molar-refractivity contribution in [2.24, 2.45) is 5.92 Å². The first-order valence-corrected chi connectivity index (χ1v) is 13.2. The van der Waals surface area contributed by atoms with Crippen molar-refractivity contribution in [3.8, 4) is 5.75 Å². The summed E-state index contributed by atoms with van der Waals surface area (Å²) in [5.74, 6) is 1.25. The molecule has 2 aromatic rings. The smallest absolute Gasteiger partial charge is 0.227 e. The quantitative estimate of drug-likeness (QED) is 0.510. The second-order valence-corrected chi connectivity index (χ2v) is 10.2. The van der Waals surface area contributed by atoms with Gasteiger partial charge in [-0.25, -0.2) is 0 Å². The third kappa shape index (κ3) is 7.45. The van der Waals surface area contributed by atoms with Gasteiger partial charge in [0.1, 0.15) is 11.9 Å². The van der Waals surface area contributed by atoms with Crippen molar-refractivity contribution in [3.63, 3.8) is 0 Å². The number of ether oxygens (including phenoxy) is 1. The number of nitrogens with zero attached hydrogens (tertiary/aromatic N) is 2. The molecule has 2 aromatic carbocycles. The average Bonchev–Trinajstić information content (AvgIpc) is 2.86. The van der Waals surface area contributed by atoms with E-state index in [1.165, 1.54) is 24.8 Å². The summed E-state index contributed by atoms with van der Waals surface area (Å²) < 4.78 is 5.80. The Labute approximate surface area is 213 Å². The number of hydrogen-bond donors (Lipinski definition) is 1. The largest absolute Gasteiger partial charge is 0.487 e. The van der Waals surface area contributed by atoms with Gasteiger partial charge in [0.05, 0.1) is 12.2 Å². The molecular weight excluding hydrogens is 462 g/mol. The van der Waals surface area contributed by atoms with Gasteiger partial charge in [0.25, 0.3) is 0 Å². The Morgan fingerprint density at radius 3 is 2.63 bits per heavy atom. The van der Waals surface area contributed by atoms with E-state index in [9.17, 15) is 9.59 Å². The van der Waals surface area contributed by atoms with Gasteiger partial charge in [-0.05, 0) is 81.9 Å². The number of hydrogen-bond acceptors (Lipinski definition) is 4. The summed E-state index contributed by atoms with van der Waals surface area (Å²) in [5.41, 5.74) is 2.11. The fraction of sp³-hybridized carbons (Fsp3) is 0.500. The zero-order valence-electron chi connectivity index (χ0n) is 20.5. The molecule has 7 heteroatoms. The molecule has 1 atom stereocenters. The fourth-order valence-electron chi connectivity index (χ4n) is 4.98. The minimum Gasteiger partial charge on any atom is -0.487 e. The van der Waals surface area contributed by atoms with Gasteiger partial charge < -0.3 is 19.9 Å². The summed E-state index contributed by atoms with van der Waals surface area (Å²) in [6.45, 7) is 6.28. The van der Waals surface area contributed by atoms with E-state index in [0.29, 0.717) is 29.5 Å². The normalized spacial score (nSPS) is 18.6. The number of halogens is 1. The number of nitrogens with one attached hydrogen (secondary N) is 1. The molecule has 0 aromatic heterocycles. The topological polar surface area (TPSA) is 61.9 Å². The molecule has 0 radical (unpaired) electrons. The van der Waals surface area contributed by atoms with Gasteiger partial charge in [-0.15, -0.1) is 0 Å². The van der Waals surface area contributed by atoms with E-state index in [1.807, 2.05) is 6.92 Å². The maximum atomic E-state index is 12.8. The Kier molecular flexibility index (Phi) is 9.05. The number of carbonyl (C=O) groups excluding carboxylic acids is 2. The van der Waals surface area contributed by atoms with E-state index in [2.05, 4.69) is 40.5 Å². The molecule has 188 valence electrons. The number of fused-ring (bicyclic) bond motifs is 1. The van der Waals surface area contributed by atoms with Crippen molar-refractivity contribution in [2.45, 2.75) is 51.6 Å². The predicted molar refractivity (Wildman–Crippen MR) is 140 cm³/mol. The zero-order valence-corrected chi connectivity index (χ0v) is 21.3. The van der Waals surface area contributed by atoms with Crippen molar-refractivity contribution in [3.05, 3.63) is 59.1 Å². The van der Waals surface area contributed by atoms with Crippen LogP contribution in [0.15, 0.2) is 48.5 Å². The Hall–Kier alpha value is -2.57. The molecule has 1 fully saturated rings. The molecule has 0 unspecified atom stereocenters. The molecule has 2 heterocycles. The maximum absolute atomic E-state index is 12.8. The van der Waals surface area contributed by atoms with E-state index in [0.717, 1.165) is 32.0 Å². The van der Waals surface area contributed by atoms with Crippen LogP contribution in [0, 0.1) is 5.92 Å². The van der Waals surface area contributed by atoms with Crippen molar-refractivity contribution >= 4 is 29.1 Å². The minimum atomic E-state index is -0.107. The molecule has 4 rings (SSSR count). The van der Waals surface area contributed by atoms with Gasteiger partial charge in [-0.2, -0.15) is 0 Å². The Bertz CT molecular complexity index is 992. The van der Waals surface area contributed by atoms with Gasteiger partial charge in [0.15, 0.2) is 0 Å². The molecule has 2 aliphatic rings. The predicted octanol–water partition coefficient (Wildman–Crippen LogP) is 4.70. The highest BCUT2D eigenvalue weighted by molar-refractivity contribution is 6.31. The van der Waals surface area contributed by atoms with Crippen LogP contribution in [0.3, 0.4) is 0 Å². The molecule has 1 N–H and O–H groups in total. The Morgan fingerprint density at radius 2 is 1.86 bits per heavy atom. The standard InChI is InChI=1S/C28H36ClN3O3/c1-21-20-32(25-19-24(29)8-9-26(25)35-21)28(34)11-10-27(33)30-14-5-15-31-16-12-23(13-17-31)18-22-6-3-2-4-7-22/h2-4,6-9,19,21,23H,5,10-18,20H2,1H3,(H,30,33)/t21-/m1/s1. The van der Waals surface area contributed by atoms with Gasteiger partial charge in [0.2, 0.25) is 11.8 Å². The number of benzene rings is 2. The van der Waals surface area contributed by atoms with E-state index < -0.39 is 0 Å². The van der Waals surface area contributed by atoms with Crippen molar-refractivity contribution in [1.82, 2.24) is 10.2 Å². The first-order chi connectivity index (χ1) is 17.0. The number of rotatable bonds is 9. The summed E-state index contributed by atoms with van der Waals surface area (Å²) in [6, 6.07) is 16.0. The van der Waals surface area contributed by atoms with Crippen LogP contribution in [0.1, 0.15) is 44.6 Å². The SMILES string of the molecule is C[C@@H]1CN(C(=O)CCC(=O)NCCCN2CCC(Cc3ccccc3)CC2)c2cc(Cl)ccc2O1. The second-order valence-electron chi connectivity index (χ2n) is 9.72. The van der Waals surface area contributed by atoms with Gasteiger partial charge in [0, 0.05) is 24.4 Å². The molecular formula is C28H36ClN3O3. The highest BCUT2D eigenvalue weighted by Crippen LogP contribution is 2.36. The Balaban J connectivity index is 1.11. The van der Waals surface area contributed by atoms with Crippen LogP contribution < -0.4 is 15.0 Å². The van der Waals surface area contributed by atoms with Crippen LogP contribution in [0.2, 0.25) is 5.02 Å². The van der Waals surface area contributed by atoms with Crippen LogP contribution in [0.25, 0.3) is 0 Å². The average molecular weight is 498 g/mol. The van der Waals surface area contributed by atoms with Gasteiger partial charge in [-0.3, -0.25) is 9.59 Å². The number of amides is 2. The highest BCUT2D eigenvalue weighted by Gasteiger charge is 2.28. The molecule has 6 nitrogen and oxygen atoms in total. The second kappa shape index (κ2) is 12.4. The molecule has 1 saturated heterocycles. The summed E-state index contributed by atoms with van der Waals surface area (Å²) in [5, 5.41) is 3.53. The lowest BCUT2D eigenvalue weighted by molar-refractivity contribution is -0.125. The first-order valence-electron chi connectivity index (χ1n) is 12.8. The fourth-order valence-corrected chi connectivity index (χ4v) is 5.15. The highest BCUT2D eigenvalue weighted by atomic mass is 35.5. The first kappa shape index (κ1) is 25.5. The van der Waals surface area contributed by atoms with Crippen molar-refractivity contribution < 1.29 is 14.3 Å². The van der Waals surface area contributed by atoms with Crippen LogP contribution in [-0.2, 0) is 16.0 Å². The lowest BCUT2D eigenvalue weighted by Gasteiger charge is -2.33. The van der Waals surface area contributed by atoms with Crippen LogP contribution >= 0.6 is 11.6 Å². The van der Waals surface area contributed by atoms with Gasteiger partial charge in [-0.1, -0.05) is 41.9 Å². The van der Waals surface area contributed by atoms with Crippen LogP contribution in [0.4, 0.5) is 5.69 Å². The third-order valence-electron chi connectivity index (χ3n) is 6.89. The maximum Gasteiger partial charge on any atom is 0.227 e. The Morgan fingerprint density at radius 1 is 1.09 bits per heavy atom. The summed E-state index contributed by atoms with van der Waals surface area (Å²) >= 11 is 6.12. The molecule has 2 aliphatic heterocycles. The molecule has 0 bridgehead atoms. The number of anilines is 1. The van der Waals surface area contributed by atoms with E-state index in [-0.39, 0.29) is 30.8 Å². The van der Waals surface area contributed by atoms with E-state index >= 15 is 0 Å². The molecule has 0 aliphatic carbocycles. The third-order valence-corrected chi connectivity index (χ3v) is 7.13. The van der Waals surface area contributed by atoms with Crippen LogP contribution in [-0.4, -0.2) is 55.5 Å². The molecule has 0 saturated carbocycles. The van der Waals surface area contributed by atoms with E-state index in [4.69, 9.17) is 16.3 Å².